The van der Waals surface area contributed by atoms with Crippen LogP contribution in [0.15, 0.2) is 30.9 Å². The van der Waals surface area contributed by atoms with Gasteiger partial charge < -0.3 is 10.6 Å². The van der Waals surface area contributed by atoms with Gasteiger partial charge in [-0.15, -0.1) is 6.58 Å². The van der Waals surface area contributed by atoms with Crippen LogP contribution in [0, 0.1) is 11.3 Å². The fourth-order valence-corrected chi connectivity index (χ4v) is 1.40. The molecule has 0 radical (unpaired) electrons. The summed E-state index contributed by atoms with van der Waals surface area (Å²) in [5, 5.41) is 14.5. The number of carbonyl (C=O) groups is 1. The number of rotatable bonds is 5. The van der Waals surface area contributed by atoms with Crippen LogP contribution >= 0.6 is 11.6 Å². The minimum absolute atomic E-state index is 0.183. The van der Waals surface area contributed by atoms with E-state index >= 15 is 0 Å². The smallest absolute Gasteiger partial charge is 0.238 e. The second kappa shape index (κ2) is 6.69. The number of nitriles is 1. The van der Waals surface area contributed by atoms with Crippen molar-refractivity contribution in [3.05, 3.63) is 41.4 Å². The number of carbonyl (C=O) groups excluding carboxylic acids is 1. The van der Waals surface area contributed by atoms with Crippen LogP contribution in [0.3, 0.4) is 0 Å². The number of amides is 1. The molecule has 1 aromatic carbocycles. The van der Waals surface area contributed by atoms with Gasteiger partial charge in [0.25, 0.3) is 0 Å². The third-order valence-electron chi connectivity index (χ3n) is 1.95. The molecule has 0 saturated carbocycles. The van der Waals surface area contributed by atoms with Crippen LogP contribution in [0.1, 0.15) is 5.56 Å². The minimum atomic E-state index is -0.196. The molecule has 1 aromatic rings. The molecule has 0 bridgehead atoms. The summed E-state index contributed by atoms with van der Waals surface area (Å²) >= 11 is 5.91. The van der Waals surface area contributed by atoms with Crippen LogP contribution in [-0.2, 0) is 4.79 Å². The number of anilines is 1. The highest BCUT2D eigenvalue weighted by Gasteiger charge is 2.05. The van der Waals surface area contributed by atoms with E-state index in [0.717, 1.165) is 0 Å². The molecule has 5 heteroatoms. The summed E-state index contributed by atoms with van der Waals surface area (Å²) in [7, 11) is 0. The molecule has 0 atom stereocenters. The topological polar surface area (TPSA) is 64.9 Å². The van der Waals surface area contributed by atoms with Crippen molar-refractivity contribution in [2.24, 2.45) is 0 Å². The zero-order chi connectivity index (χ0) is 12.7. The first-order valence-electron chi connectivity index (χ1n) is 4.98. The van der Waals surface area contributed by atoms with E-state index in [1.807, 2.05) is 6.07 Å². The van der Waals surface area contributed by atoms with Crippen molar-refractivity contribution >= 4 is 23.2 Å². The maximum Gasteiger partial charge on any atom is 0.238 e. The molecule has 17 heavy (non-hydrogen) atoms. The van der Waals surface area contributed by atoms with Gasteiger partial charge in [0.15, 0.2) is 0 Å². The molecule has 0 aliphatic rings. The summed E-state index contributed by atoms with van der Waals surface area (Å²) in [6.07, 6.45) is 1.67. The van der Waals surface area contributed by atoms with Gasteiger partial charge in [0, 0.05) is 6.54 Å². The third-order valence-corrected chi connectivity index (χ3v) is 2.26. The van der Waals surface area contributed by atoms with Crippen LogP contribution in [0.4, 0.5) is 5.69 Å². The van der Waals surface area contributed by atoms with Gasteiger partial charge in [-0.05, 0) is 18.2 Å². The Balaban J connectivity index is 2.60. The van der Waals surface area contributed by atoms with Gasteiger partial charge in [0.1, 0.15) is 0 Å². The number of nitrogens with one attached hydrogen (secondary N) is 2. The molecular formula is C12H12ClN3O. The highest BCUT2D eigenvalue weighted by atomic mass is 35.5. The monoisotopic (exact) mass is 249 g/mol. The van der Waals surface area contributed by atoms with Gasteiger partial charge >= 0.3 is 0 Å². The van der Waals surface area contributed by atoms with Gasteiger partial charge in [0.05, 0.1) is 28.9 Å². The SMILES string of the molecule is C=CCNCC(=O)Nc1ccc(C#N)cc1Cl. The summed E-state index contributed by atoms with van der Waals surface area (Å²) < 4.78 is 0. The summed E-state index contributed by atoms with van der Waals surface area (Å²) in [4.78, 5) is 11.5. The van der Waals surface area contributed by atoms with E-state index in [1.165, 1.54) is 6.07 Å². The van der Waals surface area contributed by atoms with E-state index in [9.17, 15) is 4.79 Å². The highest BCUT2D eigenvalue weighted by molar-refractivity contribution is 6.33. The lowest BCUT2D eigenvalue weighted by atomic mass is 10.2. The minimum Gasteiger partial charge on any atom is -0.324 e. The predicted octanol–water partition coefficient (Wildman–Crippen LogP) is 1.93. The first kappa shape index (κ1) is 13.2. The van der Waals surface area contributed by atoms with Crippen LogP contribution in [0.5, 0.6) is 0 Å². The Morgan fingerprint density at radius 2 is 2.35 bits per heavy atom. The maximum absolute atomic E-state index is 11.5. The van der Waals surface area contributed by atoms with E-state index < -0.39 is 0 Å². The van der Waals surface area contributed by atoms with E-state index in [2.05, 4.69) is 17.2 Å². The second-order valence-electron chi connectivity index (χ2n) is 3.27. The maximum atomic E-state index is 11.5. The first-order chi connectivity index (χ1) is 8.17. The lowest BCUT2D eigenvalue weighted by Crippen LogP contribution is -2.28. The van der Waals surface area contributed by atoms with Crippen molar-refractivity contribution < 1.29 is 4.79 Å². The summed E-state index contributed by atoms with van der Waals surface area (Å²) in [6.45, 7) is 4.28. The largest absolute Gasteiger partial charge is 0.324 e. The van der Waals surface area contributed by atoms with Crippen LogP contribution < -0.4 is 10.6 Å². The molecule has 0 saturated heterocycles. The number of nitrogens with zero attached hydrogens (tertiary/aromatic N) is 1. The first-order valence-corrected chi connectivity index (χ1v) is 5.36. The predicted molar refractivity (Wildman–Crippen MR) is 67.9 cm³/mol. The zero-order valence-corrected chi connectivity index (χ0v) is 9.92. The molecule has 0 unspecified atom stereocenters. The Morgan fingerprint density at radius 1 is 1.59 bits per heavy atom. The molecular weight excluding hydrogens is 238 g/mol. The lowest BCUT2D eigenvalue weighted by molar-refractivity contribution is -0.115. The van der Waals surface area contributed by atoms with E-state index in [1.54, 1.807) is 18.2 Å². The fraction of sp³-hybridized carbons (Fsp3) is 0.167. The summed E-state index contributed by atoms with van der Waals surface area (Å²) in [5.74, 6) is -0.196. The Morgan fingerprint density at radius 3 is 2.94 bits per heavy atom. The van der Waals surface area contributed by atoms with Crippen molar-refractivity contribution in [2.45, 2.75) is 0 Å². The Bertz CT molecular complexity index is 465. The molecule has 2 N–H and O–H groups in total. The van der Waals surface area contributed by atoms with E-state index in [-0.39, 0.29) is 12.5 Å². The number of hydrogen-bond donors (Lipinski definition) is 2. The number of benzene rings is 1. The Kier molecular flexibility index (Phi) is 5.21. The third kappa shape index (κ3) is 4.27. The van der Waals surface area contributed by atoms with Gasteiger partial charge in [-0.25, -0.2) is 0 Å². The number of hydrogen-bond acceptors (Lipinski definition) is 3. The molecule has 0 aromatic heterocycles. The van der Waals surface area contributed by atoms with Crippen molar-refractivity contribution in [1.82, 2.24) is 5.32 Å². The molecule has 4 nitrogen and oxygen atoms in total. The quantitative estimate of drug-likeness (QED) is 0.619. The standard InChI is InChI=1S/C12H12ClN3O/c1-2-5-15-8-12(17)16-11-4-3-9(7-14)6-10(11)13/h2-4,6,15H,1,5,8H2,(H,16,17). The molecule has 0 fully saturated rings. The van der Waals surface area contributed by atoms with Gasteiger partial charge in [-0.2, -0.15) is 5.26 Å². The van der Waals surface area contributed by atoms with Crippen LogP contribution in [-0.4, -0.2) is 19.0 Å². The normalized spacial score (nSPS) is 9.41. The average molecular weight is 250 g/mol. The van der Waals surface area contributed by atoms with Gasteiger partial charge in [-0.1, -0.05) is 17.7 Å². The molecule has 88 valence electrons. The van der Waals surface area contributed by atoms with Crippen molar-refractivity contribution in [2.75, 3.05) is 18.4 Å². The lowest BCUT2D eigenvalue weighted by Gasteiger charge is -2.07. The highest BCUT2D eigenvalue weighted by Crippen LogP contribution is 2.22. The van der Waals surface area contributed by atoms with Crippen molar-refractivity contribution in [3.63, 3.8) is 0 Å². The van der Waals surface area contributed by atoms with Crippen molar-refractivity contribution in [1.29, 1.82) is 5.26 Å². The molecule has 1 rings (SSSR count). The van der Waals surface area contributed by atoms with Crippen LogP contribution in [0.25, 0.3) is 0 Å². The molecule has 1 amide bonds. The molecule has 0 aliphatic heterocycles. The molecule has 0 spiro atoms. The fourth-order valence-electron chi connectivity index (χ4n) is 1.17. The second-order valence-corrected chi connectivity index (χ2v) is 3.68. The summed E-state index contributed by atoms with van der Waals surface area (Å²) in [5.41, 5.74) is 0.953. The molecule has 0 heterocycles. The van der Waals surface area contributed by atoms with E-state index in [4.69, 9.17) is 16.9 Å². The van der Waals surface area contributed by atoms with Gasteiger partial charge in [0.2, 0.25) is 5.91 Å². The Labute approximate surface area is 105 Å². The summed E-state index contributed by atoms with van der Waals surface area (Å²) in [6, 6.07) is 6.68. The van der Waals surface area contributed by atoms with Crippen molar-refractivity contribution in [3.8, 4) is 6.07 Å². The van der Waals surface area contributed by atoms with Crippen LogP contribution in [0.2, 0.25) is 5.02 Å². The van der Waals surface area contributed by atoms with E-state index in [0.29, 0.717) is 22.8 Å². The van der Waals surface area contributed by atoms with Gasteiger partial charge in [-0.3, -0.25) is 4.79 Å². The average Bonchev–Trinajstić information content (AvgIpc) is 2.32. The Hall–Kier alpha value is -1.83. The zero-order valence-electron chi connectivity index (χ0n) is 9.16. The molecule has 0 aliphatic carbocycles. The number of halogens is 1.